The number of aromatic hydroxyl groups is 1. The molecule has 0 saturated carbocycles. The zero-order valence-electron chi connectivity index (χ0n) is 9.18. The molecule has 0 aliphatic heterocycles. The number of nitrogens with two attached hydrogens (primary N) is 1. The largest absolute Gasteiger partial charge is 0.507 e. The average Bonchev–Trinajstić information content (AvgIpc) is 2.28. The van der Waals surface area contributed by atoms with Gasteiger partial charge in [-0.15, -0.1) is 0 Å². The van der Waals surface area contributed by atoms with E-state index in [2.05, 4.69) is 0 Å². The van der Waals surface area contributed by atoms with Gasteiger partial charge in [0.15, 0.2) is 0 Å². The molecule has 0 saturated heterocycles. The summed E-state index contributed by atoms with van der Waals surface area (Å²) in [6.45, 7) is 0. The number of carbonyl (C=O) groups is 1. The monoisotopic (exact) mass is 231 g/mol. The number of aryl methyl sites for hydroxylation is 1. The topological polar surface area (TPSA) is 83.5 Å². The summed E-state index contributed by atoms with van der Waals surface area (Å²) in [5, 5.41) is 20.0. The zero-order valence-corrected chi connectivity index (χ0v) is 9.18. The Morgan fingerprint density at radius 3 is 2.53 bits per heavy atom. The molecule has 4 nitrogen and oxygen atoms in total. The highest BCUT2D eigenvalue weighted by Crippen LogP contribution is 2.32. The number of anilines is 1. The average molecular weight is 231 g/mol. The fourth-order valence-electron chi connectivity index (χ4n) is 1.95. The van der Waals surface area contributed by atoms with Crippen LogP contribution in [-0.2, 0) is 11.2 Å². The Morgan fingerprint density at radius 2 is 1.88 bits per heavy atom. The molecule has 2 rings (SSSR count). The van der Waals surface area contributed by atoms with E-state index < -0.39 is 5.97 Å². The van der Waals surface area contributed by atoms with Gasteiger partial charge in [0, 0.05) is 23.6 Å². The van der Waals surface area contributed by atoms with Gasteiger partial charge in [-0.25, -0.2) is 0 Å². The standard InChI is InChI=1S/C13H13NO3/c14-11-7-12(15)10-4-2-1-3-8(10)9(11)5-6-13(16)17/h1-4,7,15H,5-6,14H2,(H,16,17). The third-order valence-corrected chi connectivity index (χ3v) is 2.76. The summed E-state index contributed by atoms with van der Waals surface area (Å²) in [6.07, 6.45) is 0.390. The van der Waals surface area contributed by atoms with Crippen LogP contribution >= 0.6 is 0 Å². The van der Waals surface area contributed by atoms with Crippen molar-refractivity contribution in [3.05, 3.63) is 35.9 Å². The van der Waals surface area contributed by atoms with Crippen molar-refractivity contribution < 1.29 is 15.0 Å². The van der Waals surface area contributed by atoms with Gasteiger partial charge < -0.3 is 15.9 Å². The van der Waals surface area contributed by atoms with Crippen LogP contribution in [0.15, 0.2) is 30.3 Å². The van der Waals surface area contributed by atoms with Crippen molar-refractivity contribution >= 4 is 22.4 Å². The Morgan fingerprint density at radius 1 is 1.24 bits per heavy atom. The number of benzene rings is 2. The quantitative estimate of drug-likeness (QED) is 0.707. The molecule has 4 heteroatoms. The number of hydrogen-bond acceptors (Lipinski definition) is 3. The highest BCUT2D eigenvalue weighted by atomic mass is 16.4. The predicted octanol–water partition coefficient (Wildman–Crippen LogP) is 2.14. The van der Waals surface area contributed by atoms with Gasteiger partial charge in [-0.05, 0) is 17.4 Å². The molecule has 0 unspecified atom stereocenters. The maximum Gasteiger partial charge on any atom is 0.303 e. The summed E-state index contributed by atoms with van der Waals surface area (Å²) in [5.41, 5.74) is 7.03. The predicted molar refractivity (Wildman–Crippen MR) is 66.0 cm³/mol. The van der Waals surface area contributed by atoms with Gasteiger partial charge in [0.25, 0.3) is 0 Å². The van der Waals surface area contributed by atoms with Crippen LogP contribution < -0.4 is 5.73 Å². The first-order valence-electron chi connectivity index (χ1n) is 5.30. The van der Waals surface area contributed by atoms with E-state index in [0.717, 1.165) is 10.9 Å². The molecule has 0 atom stereocenters. The van der Waals surface area contributed by atoms with Crippen molar-refractivity contribution in [3.8, 4) is 5.75 Å². The van der Waals surface area contributed by atoms with Crippen LogP contribution in [0.1, 0.15) is 12.0 Å². The number of fused-ring (bicyclic) bond motifs is 1. The lowest BCUT2D eigenvalue weighted by molar-refractivity contribution is -0.136. The normalized spacial score (nSPS) is 10.6. The molecule has 0 spiro atoms. The van der Waals surface area contributed by atoms with Crippen molar-refractivity contribution in [3.63, 3.8) is 0 Å². The van der Waals surface area contributed by atoms with Gasteiger partial charge in [-0.3, -0.25) is 4.79 Å². The summed E-state index contributed by atoms with van der Waals surface area (Å²) < 4.78 is 0. The number of phenolic OH excluding ortho intramolecular Hbond substituents is 1. The molecule has 2 aromatic rings. The number of aliphatic carboxylic acids is 1. The van der Waals surface area contributed by atoms with Crippen LogP contribution in [0.2, 0.25) is 0 Å². The maximum atomic E-state index is 10.6. The van der Waals surface area contributed by atoms with Crippen molar-refractivity contribution in [2.75, 3.05) is 5.73 Å². The summed E-state index contributed by atoms with van der Waals surface area (Å²) >= 11 is 0. The molecule has 0 aromatic heterocycles. The van der Waals surface area contributed by atoms with Crippen LogP contribution in [0.4, 0.5) is 5.69 Å². The maximum absolute atomic E-state index is 10.6. The van der Waals surface area contributed by atoms with Gasteiger partial charge in [-0.1, -0.05) is 24.3 Å². The Labute approximate surface area is 98.3 Å². The molecule has 2 aromatic carbocycles. The van der Waals surface area contributed by atoms with Gasteiger partial charge in [0.2, 0.25) is 0 Å². The molecule has 4 N–H and O–H groups in total. The molecule has 0 aliphatic carbocycles. The number of carboxylic acids is 1. The molecule has 0 radical (unpaired) electrons. The molecule has 0 aliphatic rings. The smallest absolute Gasteiger partial charge is 0.303 e. The minimum absolute atomic E-state index is 0.0268. The van der Waals surface area contributed by atoms with E-state index in [0.29, 0.717) is 17.5 Å². The first kappa shape index (κ1) is 11.3. The third-order valence-electron chi connectivity index (χ3n) is 2.76. The van der Waals surface area contributed by atoms with Crippen LogP contribution in [0, 0.1) is 0 Å². The molecule has 88 valence electrons. The second-order valence-electron chi connectivity index (χ2n) is 3.90. The molecule has 0 bridgehead atoms. The summed E-state index contributed by atoms with van der Waals surface area (Å²) in [4.78, 5) is 10.6. The van der Waals surface area contributed by atoms with Crippen LogP contribution in [-0.4, -0.2) is 16.2 Å². The van der Waals surface area contributed by atoms with Crippen molar-refractivity contribution in [1.82, 2.24) is 0 Å². The highest BCUT2D eigenvalue weighted by Gasteiger charge is 2.10. The number of carboxylic acid groups (broad SMARTS) is 1. The molecule has 0 fully saturated rings. The van der Waals surface area contributed by atoms with E-state index in [-0.39, 0.29) is 12.2 Å². The zero-order chi connectivity index (χ0) is 12.4. The Bertz CT molecular complexity index is 578. The SMILES string of the molecule is Nc1cc(O)c2ccccc2c1CCC(=O)O. The van der Waals surface area contributed by atoms with Crippen LogP contribution in [0.25, 0.3) is 10.8 Å². The van der Waals surface area contributed by atoms with E-state index in [1.54, 1.807) is 6.07 Å². The van der Waals surface area contributed by atoms with Crippen molar-refractivity contribution in [2.24, 2.45) is 0 Å². The third kappa shape index (κ3) is 2.15. The fourth-order valence-corrected chi connectivity index (χ4v) is 1.95. The lowest BCUT2D eigenvalue weighted by Crippen LogP contribution is -2.01. The first-order chi connectivity index (χ1) is 8.09. The van der Waals surface area contributed by atoms with Gasteiger partial charge >= 0.3 is 5.97 Å². The lowest BCUT2D eigenvalue weighted by atomic mass is 9.98. The van der Waals surface area contributed by atoms with E-state index in [9.17, 15) is 9.90 Å². The molecule has 0 amide bonds. The van der Waals surface area contributed by atoms with E-state index in [4.69, 9.17) is 10.8 Å². The lowest BCUT2D eigenvalue weighted by Gasteiger charge is -2.10. The first-order valence-corrected chi connectivity index (χ1v) is 5.30. The highest BCUT2D eigenvalue weighted by molar-refractivity contribution is 5.94. The van der Waals surface area contributed by atoms with Crippen LogP contribution in [0.5, 0.6) is 5.75 Å². The molecule has 0 heterocycles. The van der Waals surface area contributed by atoms with Gasteiger partial charge in [0.1, 0.15) is 5.75 Å². The second kappa shape index (κ2) is 4.33. The number of hydrogen-bond donors (Lipinski definition) is 3. The summed E-state index contributed by atoms with van der Waals surface area (Å²) in [5.74, 6) is -0.737. The summed E-state index contributed by atoms with van der Waals surface area (Å²) in [7, 11) is 0. The van der Waals surface area contributed by atoms with E-state index in [1.807, 2.05) is 18.2 Å². The number of phenols is 1. The Hall–Kier alpha value is -2.23. The van der Waals surface area contributed by atoms with E-state index in [1.165, 1.54) is 6.07 Å². The van der Waals surface area contributed by atoms with Crippen LogP contribution in [0.3, 0.4) is 0 Å². The molecular weight excluding hydrogens is 218 g/mol. The minimum atomic E-state index is -0.860. The fraction of sp³-hybridized carbons (Fsp3) is 0.154. The van der Waals surface area contributed by atoms with Gasteiger partial charge in [0.05, 0.1) is 0 Å². The second-order valence-corrected chi connectivity index (χ2v) is 3.90. The number of nitrogen functional groups attached to an aromatic ring is 1. The molecular formula is C13H13NO3. The van der Waals surface area contributed by atoms with E-state index >= 15 is 0 Å². The summed E-state index contributed by atoms with van der Waals surface area (Å²) in [6, 6.07) is 8.75. The van der Waals surface area contributed by atoms with Crippen molar-refractivity contribution in [2.45, 2.75) is 12.8 Å². The van der Waals surface area contributed by atoms with Crippen molar-refractivity contribution in [1.29, 1.82) is 0 Å². The Kier molecular flexibility index (Phi) is 2.87. The van der Waals surface area contributed by atoms with Gasteiger partial charge in [-0.2, -0.15) is 0 Å². The number of rotatable bonds is 3. The molecule has 17 heavy (non-hydrogen) atoms. The Balaban J connectivity index is 2.57. The minimum Gasteiger partial charge on any atom is -0.507 e.